The molecule has 0 saturated carbocycles. The van der Waals surface area contributed by atoms with E-state index in [2.05, 4.69) is 4.98 Å². The highest BCUT2D eigenvalue weighted by Crippen LogP contribution is 2.32. The zero-order valence-corrected chi connectivity index (χ0v) is 9.78. The van der Waals surface area contributed by atoms with E-state index in [1.165, 1.54) is 18.5 Å². The topological polar surface area (TPSA) is 36.7 Å². The van der Waals surface area contributed by atoms with E-state index in [4.69, 9.17) is 5.26 Å². The second-order valence-corrected chi connectivity index (χ2v) is 4.00. The van der Waals surface area contributed by atoms with Gasteiger partial charge in [-0.05, 0) is 29.3 Å². The molecule has 19 heavy (non-hydrogen) atoms. The van der Waals surface area contributed by atoms with E-state index in [0.717, 1.165) is 12.1 Å². The maximum Gasteiger partial charge on any atom is 0.416 e. The number of aromatic nitrogens is 1. The fraction of sp³-hybridized carbons (Fsp3) is 0.143. The first-order valence-corrected chi connectivity index (χ1v) is 5.49. The van der Waals surface area contributed by atoms with Crippen LogP contribution in [0.2, 0.25) is 0 Å². The zero-order valence-electron chi connectivity index (χ0n) is 9.78. The highest BCUT2D eigenvalue weighted by atomic mass is 19.4. The van der Waals surface area contributed by atoms with Crippen LogP contribution in [-0.4, -0.2) is 4.98 Å². The van der Waals surface area contributed by atoms with Crippen molar-refractivity contribution in [1.29, 1.82) is 5.26 Å². The Balaban J connectivity index is 2.42. The Hall–Kier alpha value is -2.35. The van der Waals surface area contributed by atoms with Gasteiger partial charge in [0.05, 0.1) is 18.1 Å². The van der Waals surface area contributed by atoms with E-state index in [-0.39, 0.29) is 6.42 Å². The quantitative estimate of drug-likeness (QED) is 0.824. The van der Waals surface area contributed by atoms with Crippen LogP contribution in [0, 0.1) is 11.3 Å². The van der Waals surface area contributed by atoms with Crippen LogP contribution in [0.25, 0.3) is 11.1 Å². The number of pyridine rings is 1. The van der Waals surface area contributed by atoms with Gasteiger partial charge in [-0.15, -0.1) is 0 Å². The van der Waals surface area contributed by atoms with Crippen molar-refractivity contribution < 1.29 is 13.2 Å². The molecule has 0 atom stereocenters. The Labute approximate surface area is 108 Å². The van der Waals surface area contributed by atoms with E-state index in [9.17, 15) is 13.2 Å². The molecule has 1 aromatic heterocycles. The fourth-order valence-corrected chi connectivity index (χ4v) is 1.71. The lowest BCUT2D eigenvalue weighted by Gasteiger charge is -2.09. The van der Waals surface area contributed by atoms with Crippen molar-refractivity contribution in [3.05, 3.63) is 53.9 Å². The van der Waals surface area contributed by atoms with E-state index in [0.29, 0.717) is 16.7 Å². The average Bonchev–Trinajstić information content (AvgIpc) is 2.39. The molecule has 0 N–H and O–H groups in total. The number of benzene rings is 1. The predicted octanol–water partition coefficient (Wildman–Crippen LogP) is 3.83. The molecule has 0 unspecified atom stereocenters. The minimum atomic E-state index is -4.37. The zero-order chi connectivity index (χ0) is 13.9. The molecule has 2 rings (SSSR count). The van der Waals surface area contributed by atoms with Crippen molar-refractivity contribution in [1.82, 2.24) is 4.98 Å². The van der Waals surface area contributed by atoms with E-state index in [1.54, 1.807) is 12.1 Å². The van der Waals surface area contributed by atoms with Crippen molar-refractivity contribution in [3.8, 4) is 17.2 Å². The van der Waals surface area contributed by atoms with Crippen molar-refractivity contribution in [3.63, 3.8) is 0 Å². The summed E-state index contributed by atoms with van der Waals surface area (Å²) in [5.74, 6) is 0. The lowest BCUT2D eigenvalue weighted by molar-refractivity contribution is -0.137. The lowest BCUT2D eigenvalue weighted by atomic mass is 10.0. The van der Waals surface area contributed by atoms with Crippen LogP contribution < -0.4 is 0 Å². The molecule has 5 heteroatoms. The van der Waals surface area contributed by atoms with Gasteiger partial charge in [0, 0.05) is 18.0 Å². The third-order valence-corrected chi connectivity index (χ3v) is 2.60. The van der Waals surface area contributed by atoms with Gasteiger partial charge in [-0.2, -0.15) is 18.4 Å². The molecule has 2 aromatic rings. The number of hydrogen-bond acceptors (Lipinski definition) is 2. The summed E-state index contributed by atoms with van der Waals surface area (Å²) in [7, 11) is 0. The van der Waals surface area contributed by atoms with Crippen molar-refractivity contribution in [2.24, 2.45) is 0 Å². The number of nitrogens with zero attached hydrogens (tertiary/aromatic N) is 2. The van der Waals surface area contributed by atoms with Gasteiger partial charge in [0.2, 0.25) is 0 Å². The van der Waals surface area contributed by atoms with Crippen LogP contribution >= 0.6 is 0 Å². The molecule has 1 aromatic carbocycles. The summed E-state index contributed by atoms with van der Waals surface area (Å²) in [5.41, 5.74) is 0.981. The Morgan fingerprint density at radius 2 is 1.89 bits per heavy atom. The second kappa shape index (κ2) is 5.11. The number of hydrogen-bond donors (Lipinski definition) is 0. The Morgan fingerprint density at radius 1 is 1.11 bits per heavy atom. The SMILES string of the molecule is N#CCc1cncc(-c2cccc(C(F)(F)F)c2)c1. The summed E-state index contributed by atoms with van der Waals surface area (Å²) in [6.45, 7) is 0. The van der Waals surface area contributed by atoms with Gasteiger partial charge in [-0.3, -0.25) is 4.98 Å². The van der Waals surface area contributed by atoms with Gasteiger partial charge in [0.15, 0.2) is 0 Å². The molecule has 0 aliphatic rings. The number of alkyl halides is 3. The third-order valence-electron chi connectivity index (χ3n) is 2.60. The van der Waals surface area contributed by atoms with Crippen LogP contribution in [0.4, 0.5) is 13.2 Å². The molecule has 0 fully saturated rings. The van der Waals surface area contributed by atoms with Crippen LogP contribution in [0.5, 0.6) is 0 Å². The molecule has 0 aliphatic heterocycles. The number of halogens is 3. The van der Waals surface area contributed by atoms with Crippen LogP contribution in [-0.2, 0) is 12.6 Å². The van der Waals surface area contributed by atoms with Crippen LogP contribution in [0.15, 0.2) is 42.7 Å². The fourth-order valence-electron chi connectivity index (χ4n) is 1.71. The highest BCUT2D eigenvalue weighted by molar-refractivity contribution is 5.64. The summed E-state index contributed by atoms with van der Waals surface area (Å²) in [6.07, 6.45) is -1.18. The molecule has 1 heterocycles. The second-order valence-electron chi connectivity index (χ2n) is 4.00. The Bertz CT molecular complexity index is 627. The summed E-state index contributed by atoms with van der Waals surface area (Å²) in [5, 5.41) is 8.61. The van der Waals surface area contributed by atoms with E-state index >= 15 is 0 Å². The number of rotatable bonds is 2. The molecular formula is C14H9F3N2. The van der Waals surface area contributed by atoms with Crippen molar-refractivity contribution in [2.45, 2.75) is 12.6 Å². The molecule has 0 radical (unpaired) electrons. The summed E-state index contributed by atoms with van der Waals surface area (Å²) in [6, 6.07) is 8.69. The molecule has 0 aliphatic carbocycles. The van der Waals surface area contributed by atoms with Gasteiger partial charge < -0.3 is 0 Å². The molecule has 0 spiro atoms. The first-order chi connectivity index (χ1) is 9.00. The maximum atomic E-state index is 12.6. The van der Waals surface area contributed by atoms with Gasteiger partial charge in [-0.1, -0.05) is 12.1 Å². The molecule has 0 bridgehead atoms. The van der Waals surface area contributed by atoms with Crippen molar-refractivity contribution >= 4 is 0 Å². The monoisotopic (exact) mass is 262 g/mol. The van der Waals surface area contributed by atoms with E-state index in [1.807, 2.05) is 6.07 Å². The molecular weight excluding hydrogens is 253 g/mol. The highest BCUT2D eigenvalue weighted by Gasteiger charge is 2.30. The van der Waals surface area contributed by atoms with E-state index < -0.39 is 11.7 Å². The summed E-state index contributed by atoms with van der Waals surface area (Å²) < 4.78 is 37.9. The summed E-state index contributed by atoms with van der Waals surface area (Å²) in [4.78, 5) is 3.94. The first-order valence-electron chi connectivity index (χ1n) is 5.49. The minimum absolute atomic E-state index is 0.180. The Kier molecular flexibility index (Phi) is 3.52. The third kappa shape index (κ3) is 3.10. The first kappa shape index (κ1) is 13.1. The number of nitriles is 1. The minimum Gasteiger partial charge on any atom is -0.264 e. The Morgan fingerprint density at radius 3 is 2.58 bits per heavy atom. The molecule has 96 valence electrons. The maximum absolute atomic E-state index is 12.6. The van der Waals surface area contributed by atoms with Gasteiger partial charge >= 0.3 is 6.18 Å². The molecule has 0 amide bonds. The van der Waals surface area contributed by atoms with Gasteiger partial charge in [0.1, 0.15) is 0 Å². The van der Waals surface area contributed by atoms with Crippen LogP contribution in [0.3, 0.4) is 0 Å². The largest absolute Gasteiger partial charge is 0.416 e. The van der Waals surface area contributed by atoms with Gasteiger partial charge in [0.25, 0.3) is 0 Å². The van der Waals surface area contributed by atoms with Crippen molar-refractivity contribution in [2.75, 3.05) is 0 Å². The average molecular weight is 262 g/mol. The smallest absolute Gasteiger partial charge is 0.264 e. The lowest BCUT2D eigenvalue weighted by Crippen LogP contribution is -2.04. The predicted molar refractivity (Wildman–Crippen MR) is 64.0 cm³/mol. The molecule has 2 nitrogen and oxygen atoms in total. The standard InChI is InChI=1S/C14H9F3N2/c15-14(16,17)13-3-1-2-11(7-13)12-6-10(4-5-18)8-19-9-12/h1-3,6-9H,4H2. The normalized spacial score (nSPS) is 11.1. The molecule has 0 saturated heterocycles. The van der Waals surface area contributed by atoms with Gasteiger partial charge in [-0.25, -0.2) is 0 Å². The van der Waals surface area contributed by atoms with Crippen LogP contribution in [0.1, 0.15) is 11.1 Å². The summed E-state index contributed by atoms with van der Waals surface area (Å²) >= 11 is 0.